The SMILES string of the molecule is C=NCC(OC)Oc1ccc2oc(-c3cnn(C)c3)nc2c1. The molecule has 1 unspecified atom stereocenters. The molecule has 7 nitrogen and oxygen atoms in total. The number of hydrogen-bond acceptors (Lipinski definition) is 6. The molecule has 1 aromatic carbocycles. The van der Waals surface area contributed by atoms with Gasteiger partial charge in [0.05, 0.1) is 11.8 Å². The van der Waals surface area contributed by atoms with Crippen molar-refractivity contribution in [2.24, 2.45) is 12.0 Å². The van der Waals surface area contributed by atoms with E-state index in [-0.39, 0.29) is 0 Å². The minimum absolute atomic E-state index is 0.355. The van der Waals surface area contributed by atoms with Crippen LogP contribution in [-0.4, -0.2) is 41.4 Å². The van der Waals surface area contributed by atoms with E-state index in [1.54, 1.807) is 30.1 Å². The van der Waals surface area contributed by atoms with Gasteiger partial charge in [0.2, 0.25) is 12.2 Å². The fourth-order valence-electron chi connectivity index (χ4n) is 2.05. The van der Waals surface area contributed by atoms with Gasteiger partial charge >= 0.3 is 0 Å². The summed E-state index contributed by atoms with van der Waals surface area (Å²) < 4.78 is 18.3. The molecule has 22 heavy (non-hydrogen) atoms. The molecule has 3 aromatic rings. The van der Waals surface area contributed by atoms with Crippen LogP contribution in [0.4, 0.5) is 0 Å². The van der Waals surface area contributed by atoms with Gasteiger partial charge in [0, 0.05) is 26.4 Å². The molecular formula is C15H16N4O3. The van der Waals surface area contributed by atoms with Gasteiger partial charge in [-0.2, -0.15) is 5.10 Å². The summed E-state index contributed by atoms with van der Waals surface area (Å²) >= 11 is 0. The average Bonchev–Trinajstić information content (AvgIpc) is 3.12. The molecule has 2 aromatic heterocycles. The molecule has 0 fully saturated rings. The Morgan fingerprint density at radius 3 is 3.00 bits per heavy atom. The highest BCUT2D eigenvalue weighted by atomic mass is 16.7. The first-order valence-corrected chi connectivity index (χ1v) is 6.71. The van der Waals surface area contributed by atoms with Crippen LogP contribution in [0.3, 0.4) is 0 Å². The van der Waals surface area contributed by atoms with Crippen LogP contribution >= 0.6 is 0 Å². The number of ether oxygens (including phenoxy) is 2. The number of benzene rings is 1. The van der Waals surface area contributed by atoms with Crippen molar-refractivity contribution in [1.29, 1.82) is 0 Å². The van der Waals surface area contributed by atoms with E-state index < -0.39 is 6.29 Å². The predicted molar refractivity (Wildman–Crippen MR) is 82.1 cm³/mol. The summed E-state index contributed by atoms with van der Waals surface area (Å²) in [6, 6.07) is 5.41. The Morgan fingerprint density at radius 2 is 2.32 bits per heavy atom. The molecule has 0 aliphatic carbocycles. The Balaban J connectivity index is 1.88. The first-order chi connectivity index (χ1) is 10.7. The van der Waals surface area contributed by atoms with Crippen LogP contribution in [-0.2, 0) is 11.8 Å². The van der Waals surface area contributed by atoms with Crippen molar-refractivity contribution in [3.63, 3.8) is 0 Å². The summed E-state index contributed by atoms with van der Waals surface area (Å²) in [5.74, 6) is 1.16. The average molecular weight is 300 g/mol. The van der Waals surface area contributed by atoms with E-state index in [9.17, 15) is 0 Å². The third kappa shape index (κ3) is 2.84. The molecule has 0 radical (unpaired) electrons. The van der Waals surface area contributed by atoms with E-state index in [1.165, 1.54) is 0 Å². The zero-order chi connectivity index (χ0) is 15.5. The molecule has 0 amide bonds. The van der Waals surface area contributed by atoms with E-state index in [4.69, 9.17) is 13.9 Å². The summed E-state index contributed by atoms with van der Waals surface area (Å²) in [6.45, 7) is 3.79. The van der Waals surface area contributed by atoms with Crippen LogP contribution in [0, 0.1) is 0 Å². The van der Waals surface area contributed by atoms with E-state index >= 15 is 0 Å². The molecule has 0 N–H and O–H groups in total. The molecule has 7 heteroatoms. The third-order valence-electron chi connectivity index (χ3n) is 3.12. The summed E-state index contributed by atoms with van der Waals surface area (Å²) in [5.41, 5.74) is 2.21. The molecule has 1 atom stereocenters. The summed E-state index contributed by atoms with van der Waals surface area (Å²) in [7, 11) is 3.40. The predicted octanol–water partition coefficient (Wildman–Crippen LogP) is 2.28. The standard InChI is InChI=1S/C15H16N4O3/c1-16-8-14(20-3)21-11-4-5-13-12(6-11)18-15(22-13)10-7-17-19(2)9-10/h4-7,9,14H,1,8H2,2-3H3. The fraction of sp³-hybridized carbons (Fsp3) is 0.267. The van der Waals surface area contributed by atoms with Crippen molar-refractivity contribution in [2.75, 3.05) is 13.7 Å². The van der Waals surface area contributed by atoms with Crippen molar-refractivity contribution in [3.8, 4) is 17.2 Å². The van der Waals surface area contributed by atoms with Crippen LogP contribution in [0.15, 0.2) is 40.0 Å². The quantitative estimate of drug-likeness (QED) is 0.515. The molecule has 0 aliphatic heterocycles. The van der Waals surface area contributed by atoms with E-state index in [0.29, 0.717) is 29.3 Å². The smallest absolute Gasteiger partial charge is 0.230 e. The number of aliphatic imine (C=N–C) groups is 1. The zero-order valence-corrected chi connectivity index (χ0v) is 12.4. The second kappa shape index (κ2) is 5.98. The van der Waals surface area contributed by atoms with Crippen LogP contribution < -0.4 is 4.74 Å². The summed E-state index contributed by atoms with van der Waals surface area (Å²) in [4.78, 5) is 8.23. The van der Waals surface area contributed by atoms with Crippen molar-refractivity contribution in [1.82, 2.24) is 14.8 Å². The lowest BCUT2D eigenvalue weighted by Crippen LogP contribution is -2.22. The molecule has 0 aliphatic rings. The van der Waals surface area contributed by atoms with Crippen LogP contribution in [0.25, 0.3) is 22.6 Å². The largest absolute Gasteiger partial charge is 0.463 e. The first kappa shape index (κ1) is 14.3. The Morgan fingerprint density at radius 1 is 1.45 bits per heavy atom. The van der Waals surface area contributed by atoms with Crippen LogP contribution in [0.2, 0.25) is 0 Å². The number of rotatable bonds is 6. The Bertz CT molecular complexity index is 793. The molecule has 0 bridgehead atoms. The Labute approximate surface area is 127 Å². The number of aryl methyl sites for hydroxylation is 1. The Hall–Kier alpha value is -2.67. The second-order valence-electron chi connectivity index (χ2n) is 4.74. The number of aromatic nitrogens is 3. The zero-order valence-electron chi connectivity index (χ0n) is 12.4. The highest BCUT2D eigenvalue weighted by Crippen LogP contribution is 2.27. The number of fused-ring (bicyclic) bond motifs is 1. The van der Waals surface area contributed by atoms with Crippen molar-refractivity contribution in [3.05, 3.63) is 30.6 Å². The fourth-order valence-corrected chi connectivity index (χ4v) is 2.05. The molecule has 0 saturated carbocycles. The topological polar surface area (TPSA) is 74.7 Å². The summed E-state index contributed by atoms with van der Waals surface area (Å²) in [6.07, 6.45) is 3.08. The van der Waals surface area contributed by atoms with Gasteiger partial charge < -0.3 is 13.9 Å². The summed E-state index contributed by atoms with van der Waals surface area (Å²) in [5, 5.41) is 4.11. The second-order valence-corrected chi connectivity index (χ2v) is 4.74. The van der Waals surface area contributed by atoms with Crippen molar-refractivity contribution < 1.29 is 13.9 Å². The van der Waals surface area contributed by atoms with Gasteiger partial charge in [-0.05, 0) is 18.9 Å². The maximum Gasteiger partial charge on any atom is 0.230 e. The lowest BCUT2D eigenvalue weighted by molar-refractivity contribution is -0.0448. The molecule has 0 spiro atoms. The maximum atomic E-state index is 5.72. The number of oxazole rings is 1. The number of nitrogens with zero attached hydrogens (tertiary/aromatic N) is 4. The minimum Gasteiger partial charge on any atom is -0.463 e. The highest BCUT2D eigenvalue weighted by Gasteiger charge is 2.12. The maximum absolute atomic E-state index is 5.72. The van der Waals surface area contributed by atoms with Gasteiger partial charge in [-0.25, -0.2) is 4.98 Å². The number of hydrogen-bond donors (Lipinski definition) is 0. The minimum atomic E-state index is -0.473. The molecule has 114 valence electrons. The third-order valence-corrected chi connectivity index (χ3v) is 3.12. The lowest BCUT2D eigenvalue weighted by Gasteiger charge is -2.14. The van der Waals surface area contributed by atoms with E-state index in [2.05, 4.69) is 21.8 Å². The van der Waals surface area contributed by atoms with Gasteiger partial charge in [0.25, 0.3) is 0 Å². The first-order valence-electron chi connectivity index (χ1n) is 6.71. The van der Waals surface area contributed by atoms with Gasteiger partial charge in [-0.15, -0.1) is 0 Å². The van der Waals surface area contributed by atoms with E-state index in [0.717, 1.165) is 5.56 Å². The number of methoxy groups -OCH3 is 1. The van der Waals surface area contributed by atoms with Crippen LogP contribution in [0.1, 0.15) is 0 Å². The monoisotopic (exact) mass is 300 g/mol. The van der Waals surface area contributed by atoms with Gasteiger partial charge in [0.1, 0.15) is 17.8 Å². The lowest BCUT2D eigenvalue weighted by atomic mass is 10.3. The van der Waals surface area contributed by atoms with Crippen molar-refractivity contribution in [2.45, 2.75) is 6.29 Å². The van der Waals surface area contributed by atoms with Crippen LogP contribution in [0.5, 0.6) is 5.75 Å². The van der Waals surface area contributed by atoms with Crippen molar-refractivity contribution >= 4 is 17.8 Å². The Kier molecular flexibility index (Phi) is 3.88. The normalized spacial score (nSPS) is 12.5. The molecule has 3 rings (SSSR count). The highest BCUT2D eigenvalue weighted by molar-refractivity contribution is 5.77. The molecule has 0 saturated heterocycles. The van der Waals surface area contributed by atoms with Gasteiger partial charge in [-0.3, -0.25) is 9.67 Å². The molecular weight excluding hydrogens is 284 g/mol. The molecule has 2 heterocycles. The van der Waals surface area contributed by atoms with Gasteiger partial charge in [0.15, 0.2) is 5.58 Å². The van der Waals surface area contributed by atoms with Gasteiger partial charge in [-0.1, -0.05) is 0 Å². The van der Waals surface area contributed by atoms with E-state index in [1.807, 2.05) is 19.3 Å².